The summed E-state index contributed by atoms with van der Waals surface area (Å²) in [5, 5.41) is 33.4. The molecular weight excluding hydrogens is 488 g/mol. The number of nitrogens with two attached hydrogens (primary N) is 3. The van der Waals surface area contributed by atoms with E-state index in [0.717, 1.165) is 0 Å². The van der Waals surface area contributed by atoms with Crippen molar-refractivity contribution < 1.29 is 53.7 Å². The average molecular weight is 518 g/mol. The molecule has 0 saturated heterocycles. The number of rotatable bonds is 18. The molecule has 17 nitrogen and oxygen atoms in total. The molecule has 202 valence electrons. The Morgan fingerprint density at radius 2 is 0.972 bits per heavy atom. The molecule has 0 saturated carbocycles. The van der Waals surface area contributed by atoms with E-state index in [-0.39, 0.29) is 6.42 Å². The summed E-state index contributed by atoms with van der Waals surface area (Å²) >= 11 is 0. The fraction of sp³-hybridized carbons (Fsp3) is 0.579. The molecular formula is C19H30N6O11. The lowest BCUT2D eigenvalue weighted by Crippen LogP contribution is -2.57. The largest absolute Gasteiger partial charge is 0.481 e. The highest BCUT2D eigenvalue weighted by Gasteiger charge is 2.31. The molecule has 0 aliphatic heterocycles. The maximum Gasteiger partial charge on any atom is 0.326 e. The molecule has 0 heterocycles. The lowest BCUT2D eigenvalue weighted by atomic mass is 10.1. The number of carbonyl (C=O) groups is 8. The highest BCUT2D eigenvalue weighted by atomic mass is 16.4. The van der Waals surface area contributed by atoms with Crippen molar-refractivity contribution >= 4 is 47.4 Å². The van der Waals surface area contributed by atoms with Crippen LogP contribution in [0.3, 0.4) is 0 Å². The van der Waals surface area contributed by atoms with Crippen LogP contribution in [-0.4, -0.2) is 86.9 Å². The molecule has 4 unspecified atom stereocenters. The molecule has 0 spiro atoms. The van der Waals surface area contributed by atoms with Crippen LogP contribution in [0.4, 0.5) is 0 Å². The third kappa shape index (κ3) is 13.4. The second-order valence-corrected chi connectivity index (χ2v) is 7.67. The number of aliphatic carboxylic acids is 3. The number of primary amides is 2. The van der Waals surface area contributed by atoms with Crippen LogP contribution in [0.1, 0.15) is 44.9 Å². The number of amides is 5. The van der Waals surface area contributed by atoms with E-state index in [2.05, 4.69) is 16.0 Å². The molecule has 0 rings (SSSR count). The Morgan fingerprint density at radius 3 is 1.33 bits per heavy atom. The third-order valence-corrected chi connectivity index (χ3v) is 4.61. The maximum atomic E-state index is 12.8. The van der Waals surface area contributed by atoms with Gasteiger partial charge in [-0.15, -0.1) is 0 Å². The molecule has 0 bridgehead atoms. The Morgan fingerprint density at radius 1 is 0.583 bits per heavy atom. The second-order valence-electron chi connectivity index (χ2n) is 7.67. The zero-order valence-corrected chi connectivity index (χ0v) is 19.1. The van der Waals surface area contributed by atoms with Gasteiger partial charge in [-0.2, -0.15) is 0 Å². The quantitative estimate of drug-likeness (QED) is 0.0832. The van der Waals surface area contributed by atoms with Gasteiger partial charge in [0.1, 0.15) is 18.1 Å². The monoisotopic (exact) mass is 518 g/mol. The van der Waals surface area contributed by atoms with Gasteiger partial charge in [0.2, 0.25) is 29.5 Å². The van der Waals surface area contributed by atoms with Crippen molar-refractivity contribution in [2.75, 3.05) is 0 Å². The van der Waals surface area contributed by atoms with Crippen LogP contribution < -0.4 is 33.2 Å². The molecule has 0 aliphatic rings. The van der Waals surface area contributed by atoms with E-state index < -0.39 is 110 Å². The van der Waals surface area contributed by atoms with Crippen molar-refractivity contribution in [2.24, 2.45) is 17.2 Å². The molecule has 36 heavy (non-hydrogen) atoms. The summed E-state index contributed by atoms with van der Waals surface area (Å²) in [6.07, 6.45) is -3.57. The van der Waals surface area contributed by atoms with Gasteiger partial charge in [0.15, 0.2) is 0 Å². The molecule has 17 heteroatoms. The van der Waals surface area contributed by atoms with Crippen LogP contribution in [0.5, 0.6) is 0 Å². The van der Waals surface area contributed by atoms with Crippen molar-refractivity contribution in [1.82, 2.24) is 16.0 Å². The van der Waals surface area contributed by atoms with Crippen LogP contribution in [0, 0.1) is 0 Å². The number of nitrogens with one attached hydrogen (secondary N) is 3. The Labute approximate surface area is 204 Å². The summed E-state index contributed by atoms with van der Waals surface area (Å²) in [5.41, 5.74) is 15.4. The number of carbonyl (C=O) groups excluding carboxylic acids is 5. The van der Waals surface area contributed by atoms with E-state index in [1.165, 1.54) is 0 Å². The van der Waals surface area contributed by atoms with E-state index in [0.29, 0.717) is 0 Å². The fourth-order valence-corrected chi connectivity index (χ4v) is 2.75. The van der Waals surface area contributed by atoms with Crippen LogP contribution in [-0.2, 0) is 38.4 Å². The minimum absolute atomic E-state index is 0.384. The summed E-state index contributed by atoms with van der Waals surface area (Å²) < 4.78 is 0. The normalized spacial score (nSPS) is 13.8. The molecule has 0 aromatic rings. The van der Waals surface area contributed by atoms with Crippen LogP contribution in [0.2, 0.25) is 0 Å². The highest BCUT2D eigenvalue weighted by molar-refractivity contribution is 5.95. The maximum absolute atomic E-state index is 12.8. The van der Waals surface area contributed by atoms with Crippen molar-refractivity contribution in [2.45, 2.75) is 69.1 Å². The fourth-order valence-electron chi connectivity index (χ4n) is 2.75. The Balaban J connectivity index is 5.66. The lowest BCUT2D eigenvalue weighted by Gasteiger charge is -2.24. The van der Waals surface area contributed by atoms with Gasteiger partial charge in [0.25, 0.3) is 0 Å². The Kier molecular flexibility index (Phi) is 13.7. The molecule has 0 radical (unpaired) electrons. The number of carboxylic acids is 3. The third-order valence-electron chi connectivity index (χ3n) is 4.61. The Hall–Kier alpha value is -4.28. The smallest absolute Gasteiger partial charge is 0.326 e. The summed E-state index contributed by atoms with van der Waals surface area (Å²) in [6, 6.07) is -6.25. The van der Waals surface area contributed by atoms with Gasteiger partial charge < -0.3 is 48.5 Å². The van der Waals surface area contributed by atoms with E-state index in [1.807, 2.05) is 0 Å². The summed E-state index contributed by atoms with van der Waals surface area (Å²) in [6.45, 7) is 0. The Bertz CT molecular complexity index is 878. The highest BCUT2D eigenvalue weighted by Crippen LogP contribution is 2.06. The first-order valence-corrected chi connectivity index (χ1v) is 10.5. The summed E-state index contributed by atoms with van der Waals surface area (Å²) in [5.74, 6) is -9.20. The molecule has 5 amide bonds. The minimum Gasteiger partial charge on any atom is -0.481 e. The van der Waals surface area contributed by atoms with Crippen molar-refractivity contribution in [1.29, 1.82) is 0 Å². The van der Waals surface area contributed by atoms with Crippen molar-refractivity contribution in [3.05, 3.63) is 0 Å². The van der Waals surface area contributed by atoms with E-state index in [1.54, 1.807) is 0 Å². The van der Waals surface area contributed by atoms with E-state index in [4.69, 9.17) is 27.4 Å². The van der Waals surface area contributed by atoms with E-state index >= 15 is 0 Å². The van der Waals surface area contributed by atoms with Crippen molar-refractivity contribution in [3.8, 4) is 0 Å². The van der Waals surface area contributed by atoms with Gasteiger partial charge in [-0.3, -0.25) is 33.6 Å². The van der Waals surface area contributed by atoms with Gasteiger partial charge in [0.05, 0.1) is 12.5 Å². The summed E-state index contributed by atoms with van der Waals surface area (Å²) in [4.78, 5) is 92.8. The van der Waals surface area contributed by atoms with Gasteiger partial charge in [-0.1, -0.05) is 0 Å². The van der Waals surface area contributed by atoms with Crippen molar-refractivity contribution in [3.63, 3.8) is 0 Å². The minimum atomic E-state index is -1.62. The second kappa shape index (κ2) is 15.6. The van der Waals surface area contributed by atoms with Gasteiger partial charge >= 0.3 is 17.9 Å². The first-order chi connectivity index (χ1) is 16.6. The van der Waals surface area contributed by atoms with Crippen LogP contribution in [0.25, 0.3) is 0 Å². The standard InChI is InChI=1S/C19H30N6O11/c20-8(7-13(22)27)16(32)23-9(2-5-14(28)29)17(33)24-10(3-6-15(30)31)18(34)25-11(19(35)36)1-4-12(21)26/h8-11H,1-7,20H2,(H2,21,26)(H2,22,27)(H,23,32)(H,24,33)(H,25,34)(H,28,29)(H,30,31)(H,35,36). The first kappa shape index (κ1) is 31.7. The SMILES string of the molecule is NC(=O)CCC(NC(=O)C(CCC(=O)O)NC(=O)C(CCC(=O)O)NC(=O)C(N)CC(N)=O)C(=O)O. The zero-order chi connectivity index (χ0) is 28.0. The predicted octanol–water partition coefficient (Wildman–Crippen LogP) is -4.28. The molecule has 0 fully saturated rings. The molecule has 0 aliphatic carbocycles. The zero-order valence-electron chi connectivity index (χ0n) is 19.1. The van der Waals surface area contributed by atoms with Crippen LogP contribution in [0.15, 0.2) is 0 Å². The molecule has 0 aromatic heterocycles. The van der Waals surface area contributed by atoms with Gasteiger partial charge in [-0.25, -0.2) is 4.79 Å². The van der Waals surface area contributed by atoms with Crippen LogP contribution >= 0.6 is 0 Å². The molecule has 0 aromatic carbocycles. The lowest BCUT2D eigenvalue weighted by molar-refractivity contribution is -0.143. The number of hydrogen-bond donors (Lipinski definition) is 9. The van der Waals surface area contributed by atoms with E-state index in [9.17, 15) is 43.5 Å². The van der Waals surface area contributed by atoms with Gasteiger partial charge in [-0.05, 0) is 19.3 Å². The molecule has 4 atom stereocenters. The first-order valence-electron chi connectivity index (χ1n) is 10.5. The topological polar surface area (TPSA) is 311 Å². The van der Waals surface area contributed by atoms with Gasteiger partial charge in [0, 0.05) is 19.3 Å². The summed E-state index contributed by atoms with van der Waals surface area (Å²) in [7, 11) is 0. The predicted molar refractivity (Wildman–Crippen MR) is 117 cm³/mol. The molecule has 12 N–H and O–H groups in total. The number of carboxylic acid groups (broad SMARTS) is 3. The average Bonchev–Trinajstić information content (AvgIpc) is 2.75. The number of hydrogen-bond acceptors (Lipinski definition) is 9.